The summed E-state index contributed by atoms with van der Waals surface area (Å²) in [5.74, 6) is -0.828. The SMILES string of the molecule is NC(=O)C(N)CC(=O)c1ccccc1. The molecule has 1 unspecified atom stereocenters. The monoisotopic (exact) mass is 192 g/mol. The van der Waals surface area contributed by atoms with E-state index in [1.54, 1.807) is 24.3 Å². The van der Waals surface area contributed by atoms with Crippen LogP contribution < -0.4 is 11.5 Å². The molecular weight excluding hydrogens is 180 g/mol. The number of nitrogens with two attached hydrogens (primary N) is 2. The Bertz CT molecular complexity index is 335. The zero-order valence-corrected chi connectivity index (χ0v) is 7.64. The number of Topliss-reactive ketones (excluding diaryl/α,β-unsaturated/α-hetero) is 1. The van der Waals surface area contributed by atoms with Gasteiger partial charge in [-0.1, -0.05) is 30.3 Å². The molecule has 0 radical (unpaired) electrons. The molecule has 0 bridgehead atoms. The van der Waals surface area contributed by atoms with Crippen LogP contribution in [0.2, 0.25) is 0 Å². The lowest BCUT2D eigenvalue weighted by molar-refractivity contribution is -0.119. The number of hydrogen-bond acceptors (Lipinski definition) is 3. The van der Waals surface area contributed by atoms with E-state index in [1.165, 1.54) is 0 Å². The van der Waals surface area contributed by atoms with Crippen molar-refractivity contribution in [3.05, 3.63) is 35.9 Å². The minimum Gasteiger partial charge on any atom is -0.368 e. The summed E-state index contributed by atoms with van der Waals surface area (Å²) in [5.41, 5.74) is 10.9. The summed E-state index contributed by atoms with van der Waals surface area (Å²) in [4.78, 5) is 22.1. The molecule has 14 heavy (non-hydrogen) atoms. The van der Waals surface area contributed by atoms with Gasteiger partial charge in [-0.05, 0) is 0 Å². The fraction of sp³-hybridized carbons (Fsp3) is 0.200. The summed E-state index contributed by atoms with van der Waals surface area (Å²) in [6, 6.07) is 7.77. The Morgan fingerprint density at radius 3 is 2.29 bits per heavy atom. The van der Waals surface area contributed by atoms with E-state index < -0.39 is 11.9 Å². The van der Waals surface area contributed by atoms with Gasteiger partial charge in [-0.3, -0.25) is 9.59 Å². The van der Waals surface area contributed by atoms with Gasteiger partial charge in [-0.15, -0.1) is 0 Å². The van der Waals surface area contributed by atoms with Crippen molar-refractivity contribution in [3.8, 4) is 0 Å². The van der Waals surface area contributed by atoms with E-state index in [0.29, 0.717) is 5.56 Å². The Morgan fingerprint density at radius 1 is 1.21 bits per heavy atom. The summed E-state index contributed by atoms with van der Waals surface area (Å²) in [5, 5.41) is 0. The van der Waals surface area contributed by atoms with Crippen molar-refractivity contribution in [2.75, 3.05) is 0 Å². The van der Waals surface area contributed by atoms with Crippen molar-refractivity contribution < 1.29 is 9.59 Å². The maximum Gasteiger partial charge on any atom is 0.234 e. The number of benzene rings is 1. The van der Waals surface area contributed by atoms with Crippen LogP contribution in [-0.2, 0) is 4.79 Å². The first-order chi connectivity index (χ1) is 6.61. The number of carbonyl (C=O) groups is 2. The van der Waals surface area contributed by atoms with Crippen LogP contribution in [0.4, 0.5) is 0 Å². The summed E-state index contributed by atoms with van der Waals surface area (Å²) in [7, 11) is 0. The van der Waals surface area contributed by atoms with Crippen molar-refractivity contribution in [2.24, 2.45) is 11.5 Å². The normalized spacial score (nSPS) is 12.1. The van der Waals surface area contributed by atoms with E-state index in [9.17, 15) is 9.59 Å². The molecule has 1 aromatic carbocycles. The third-order valence-corrected chi connectivity index (χ3v) is 1.87. The quantitative estimate of drug-likeness (QED) is 0.662. The lowest BCUT2D eigenvalue weighted by Gasteiger charge is -2.05. The second-order valence-electron chi connectivity index (χ2n) is 3.00. The molecular formula is C10H12N2O2. The van der Waals surface area contributed by atoms with Gasteiger partial charge in [0.2, 0.25) is 5.91 Å². The fourth-order valence-corrected chi connectivity index (χ4v) is 1.04. The van der Waals surface area contributed by atoms with Crippen LogP contribution in [0.5, 0.6) is 0 Å². The van der Waals surface area contributed by atoms with Gasteiger partial charge in [-0.25, -0.2) is 0 Å². The van der Waals surface area contributed by atoms with Crippen LogP contribution >= 0.6 is 0 Å². The lowest BCUT2D eigenvalue weighted by Crippen LogP contribution is -2.38. The largest absolute Gasteiger partial charge is 0.368 e. The Hall–Kier alpha value is -1.68. The number of rotatable bonds is 4. The molecule has 0 aromatic heterocycles. The van der Waals surface area contributed by atoms with E-state index in [2.05, 4.69) is 0 Å². The maximum atomic E-state index is 11.5. The van der Waals surface area contributed by atoms with Crippen molar-refractivity contribution in [2.45, 2.75) is 12.5 Å². The Labute approximate surface area is 81.9 Å². The Balaban J connectivity index is 2.64. The third kappa shape index (κ3) is 2.67. The number of carbonyl (C=O) groups excluding carboxylic acids is 2. The van der Waals surface area contributed by atoms with E-state index in [4.69, 9.17) is 11.5 Å². The average Bonchev–Trinajstić information content (AvgIpc) is 2.19. The van der Waals surface area contributed by atoms with E-state index in [-0.39, 0.29) is 12.2 Å². The highest BCUT2D eigenvalue weighted by Gasteiger charge is 2.15. The van der Waals surface area contributed by atoms with E-state index in [1.807, 2.05) is 6.07 Å². The second-order valence-corrected chi connectivity index (χ2v) is 3.00. The van der Waals surface area contributed by atoms with Gasteiger partial charge in [-0.2, -0.15) is 0 Å². The number of hydrogen-bond donors (Lipinski definition) is 2. The Morgan fingerprint density at radius 2 is 1.79 bits per heavy atom. The van der Waals surface area contributed by atoms with Crippen molar-refractivity contribution >= 4 is 11.7 Å². The molecule has 74 valence electrons. The smallest absolute Gasteiger partial charge is 0.234 e. The maximum absolute atomic E-state index is 11.5. The first-order valence-corrected chi connectivity index (χ1v) is 4.24. The summed E-state index contributed by atoms with van der Waals surface area (Å²) < 4.78 is 0. The Kier molecular flexibility index (Phi) is 3.36. The van der Waals surface area contributed by atoms with Gasteiger partial charge in [0.05, 0.1) is 6.04 Å². The van der Waals surface area contributed by atoms with Crippen molar-refractivity contribution in [1.82, 2.24) is 0 Å². The molecule has 4 N–H and O–H groups in total. The third-order valence-electron chi connectivity index (χ3n) is 1.87. The van der Waals surface area contributed by atoms with Crippen LogP contribution in [0, 0.1) is 0 Å². The van der Waals surface area contributed by atoms with Gasteiger partial charge < -0.3 is 11.5 Å². The van der Waals surface area contributed by atoms with Crippen LogP contribution in [0.15, 0.2) is 30.3 Å². The number of primary amides is 1. The second kappa shape index (κ2) is 4.53. The minimum atomic E-state index is -0.900. The van der Waals surface area contributed by atoms with Gasteiger partial charge in [0.1, 0.15) is 0 Å². The fourth-order valence-electron chi connectivity index (χ4n) is 1.04. The van der Waals surface area contributed by atoms with Crippen LogP contribution in [0.25, 0.3) is 0 Å². The molecule has 0 aliphatic rings. The summed E-state index contributed by atoms with van der Waals surface area (Å²) in [6.45, 7) is 0. The average molecular weight is 192 g/mol. The van der Waals surface area contributed by atoms with Gasteiger partial charge >= 0.3 is 0 Å². The molecule has 0 saturated carbocycles. The first kappa shape index (κ1) is 10.4. The van der Waals surface area contributed by atoms with E-state index >= 15 is 0 Å². The highest BCUT2D eigenvalue weighted by Crippen LogP contribution is 2.04. The van der Waals surface area contributed by atoms with Gasteiger partial charge in [0, 0.05) is 12.0 Å². The molecule has 1 atom stereocenters. The van der Waals surface area contributed by atoms with Gasteiger partial charge in [0.15, 0.2) is 5.78 Å². The predicted molar refractivity (Wildman–Crippen MR) is 52.6 cm³/mol. The molecule has 4 heteroatoms. The minimum absolute atomic E-state index is 0.0423. The molecule has 1 rings (SSSR count). The van der Waals surface area contributed by atoms with Crippen LogP contribution in [0.1, 0.15) is 16.8 Å². The summed E-state index contributed by atoms with van der Waals surface area (Å²) in [6.07, 6.45) is -0.0423. The molecule has 0 aliphatic carbocycles. The molecule has 0 heterocycles. The molecule has 0 saturated heterocycles. The molecule has 1 aromatic rings. The molecule has 1 amide bonds. The molecule has 4 nitrogen and oxygen atoms in total. The molecule has 0 fully saturated rings. The van der Waals surface area contributed by atoms with E-state index in [0.717, 1.165) is 0 Å². The predicted octanol–water partition coefficient (Wildman–Crippen LogP) is 0.0720. The number of amides is 1. The highest BCUT2D eigenvalue weighted by atomic mass is 16.1. The standard InChI is InChI=1S/C10H12N2O2/c11-8(10(12)14)6-9(13)7-4-2-1-3-5-7/h1-5,8H,6,11H2,(H2,12,14). The van der Waals surface area contributed by atoms with Crippen LogP contribution in [-0.4, -0.2) is 17.7 Å². The number of ketones is 1. The lowest BCUT2D eigenvalue weighted by atomic mass is 10.0. The summed E-state index contributed by atoms with van der Waals surface area (Å²) >= 11 is 0. The van der Waals surface area contributed by atoms with Crippen LogP contribution in [0.3, 0.4) is 0 Å². The zero-order valence-electron chi connectivity index (χ0n) is 7.64. The first-order valence-electron chi connectivity index (χ1n) is 4.24. The topological polar surface area (TPSA) is 86.2 Å². The van der Waals surface area contributed by atoms with Crippen molar-refractivity contribution in [1.29, 1.82) is 0 Å². The molecule has 0 spiro atoms. The molecule has 0 aliphatic heterocycles. The van der Waals surface area contributed by atoms with Crippen molar-refractivity contribution in [3.63, 3.8) is 0 Å². The zero-order chi connectivity index (χ0) is 10.6. The highest BCUT2D eigenvalue weighted by molar-refractivity contribution is 5.99. The van der Waals surface area contributed by atoms with Gasteiger partial charge in [0.25, 0.3) is 0 Å².